The van der Waals surface area contributed by atoms with Crippen LogP contribution in [0.3, 0.4) is 0 Å². The SMILES string of the molecule is CN=C(NCCc1csc(C(C)C)n1)NCc1cc(Cl)c(Cl)n1C.I. The van der Waals surface area contributed by atoms with E-state index in [4.69, 9.17) is 23.2 Å². The summed E-state index contributed by atoms with van der Waals surface area (Å²) >= 11 is 13.8. The van der Waals surface area contributed by atoms with Crippen LogP contribution in [0.4, 0.5) is 0 Å². The number of guanidine groups is 1. The van der Waals surface area contributed by atoms with Crippen molar-refractivity contribution in [3.8, 4) is 0 Å². The normalized spacial score (nSPS) is 11.6. The molecule has 0 spiro atoms. The van der Waals surface area contributed by atoms with Gasteiger partial charge in [0.2, 0.25) is 0 Å². The van der Waals surface area contributed by atoms with Gasteiger partial charge in [0.15, 0.2) is 5.96 Å². The quantitative estimate of drug-likeness (QED) is 0.340. The van der Waals surface area contributed by atoms with Crippen molar-refractivity contribution in [3.05, 3.63) is 38.0 Å². The molecule has 25 heavy (non-hydrogen) atoms. The second-order valence-electron chi connectivity index (χ2n) is 5.77. The highest BCUT2D eigenvalue weighted by atomic mass is 127. The summed E-state index contributed by atoms with van der Waals surface area (Å²) in [5.74, 6) is 1.22. The van der Waals surface area contributed by atoms with Crippen LogP contribution in [0.5, 0.6) is 0 Å². The van der Waals surface area contributed by atoms with Gasteiger partial charge in [0.05, 0.1) is 22.3 Å². The summed E-state index contributed by atoms with van der Waals surface area (Å²) in [5.41, 5.74) is 2.11. The van der Waals surface area contributed by atoms with E-state index in [9.17, 15) is 0 Å². The molecule has 0 amide bonds. The molecule has 0 aromatic carbocycles. The van der Waals surface area contributed by atoms with Gasteiger partial charge in [-0.15, -0.1) is 35.3 Å². The molecule has 9 heteroatoms. The van der Waals surface area contributed by atoms with Crippen LogP contribution in [0.2, 0.25) is 10.2 Å². The third-order valence-corrected chi connectivity index (χ3v) is 5.65. The Bertz CT molecular complexity index is 711. The Morgan fingerprint density at radius 2 is 2.08 bits per heavy atom. The molecule has 0 bridgehead atoms. The summed E-state index contributed by atoms with van der Waals surface area (Å²) in [7, 11) is 3.63. The maximum atomic E-state index is 6.07. The molecular weight excluding hydrogens is 492 g/mol. The van der Waals surface area contributed by atoms with Crippen LogP contribution in [-0.4, -0.2) is 29.1 Å². The van der Waals surface area contributed by atoms with Gasteiger partial charge >= 0.3 is 0 Å². The summed E-state index contributed by atoms with van der Waals surface area (Å²) in [6, 6.07) is 1.85. The van der Waals surface area contributed by atoms with Crippen LogP contribution in [0.1, 0.15) is 36.2 Å². The number of nitrogens with zero attached hydrogens (tertiary/aromatic N) is 3. The maximum Gasteiger partial charge on any atom is 0.191 e. The largest absolute Gasteiger partial charge is 0.356 e. The van der Waals surface area contributed by atoms with Crippen molar-refractivity contribution < 1.29 is 0 Å². The molecule has 0 aliphatic carbocycles. The molecule has 0 aliphatic rings. The minimum Gasteiger partial charge on any atom is -0.356 e. The molecule has 2 heterocycles. The number of halogens is 3. The Kier molecular flexibility index (Phi) is 9.55. The first kappa shape index (κ1) is 22.5. The van der Waals surface area contributed by atoms with Crippen molar-refractivity contribution in [2.24, 2.45) is 12.0 Å². The van der Waals surface area contributed by atoms with E-state index in [1.807, 2.05) is 17.7 Å². The van der Waals surface area contributed by atoms with Gasteiger partial charge in [-0.25, -0.2) is 4.98 Å². The second kappa shape index (κ2) is 10.6. The minimum atomic E-state index is 0. The van der Waals surface area contributed by atoms with E-state index in [1.165, 1.54) is 5.01 Å². The van der Waals surface area contributed by atoms with Gasteiger partial charge in [0.1, 0.15) is 5.15 Å². The number of aliphatic imine (C=N–C) groups is 1. The first-order chi connectivity index (χ1) is 11.4. The molecule has 5 nitrogen and oxygen atoms in total. The predicted molar refractivity (Wildman–Crippen MR) is 119 cm³/mol. The molecule has 0 fully saturated rings. The van der Waals surface area contributed by atoms with E-state index in [-0.39, 0.29) is 24.0 Å². The second-order valence-corrected chi connectivity index (χ2v) is 7.42. The summed E-state index contributed by atoms with van der Waals surface area (Å²) in [4.78, 5) is 8.86. The molecule has 0 saturated heterocycles. The van der Waals surface area contributed by atoms with Gasteiger partial charge in [-0.1, -0.05) is 37.0 Å². The fourth-order valence-corrected chi connectivity index (χ4v) is 3.45. The highest BCUT2D eigenvalue weighted by Gasteiger charge is 2.09. The average Bonchev–Trinajstić information content (AvgIpc) is 3.12. The number of nitrogens with one attached hydrogen (secondary N) is 2. The Balaban J connectivity index is 0.00000312. The highest BCUT2D eigenvalue weighted by Crippen LogP contribution is 2.24. The Hall–Kier alpha value is -0.510. The smallest absolute Gasteiger partial charge is 0.191 e. The Labute approximate surface area is 180 Å². The molecule has 2 aromatic rings. The average molecular weight is 516 g/mol. The van der Waals surface area contributed by atoms with Gasteiger partial charge in [0.25, 0.3) is 0 Å². The lowest BCUT2D eigenvalue weighted by Gasteiger charge is -2.12. The summed E-state index contributed by atoms with van der Waals surface area (Å²) in [6.45, 7) is 5.69. The number of thiazole rings is 1. The first-order valence-electron chi connectivity index (χ1n) is 7.80. The summed E-state index contributed by atoms with van der Waals surface area (Å²) in [5, 5.41) is 11.0. The number of hydrogen-bond donors (Lipinski definition) is 2. The zero-order valence-corrected chi connectivity index (χ0v) is 19.4. The van der Waals surface area contributed by atoms with Crippen LogP contribution in [0, 0.1) is 0 Å². The molecule has 0 aliphatic heterocycles. The monoisotopic (exact) mass is 515 g/mol. The zero-order valence-electron chi connectivity index (χ0n) is 14.8. The lowest BCUT2D eigenvalue weighted by atomic mass is 10.2. The molecule has 0 radical (unpaired) electrons. The van der Waals surface area contributed by atoms with Gasteiger partial charge in [-0.3, -0.25) is 4.99 Å². The molecule has 0 atom stereocenters. The Morgan fingerprint density at radius 1 is 1.36 bits per heavy atom. The van der Waals surface area contributed by atoms with E-state index in [0.29, 0.717) is 22.6 Å². The fraction of sp³-hybridized carbons (Fsp3) is 0.500. The lowest BCUT2D eigenvalue weighted by molar-refractivity contribution is 0.742. The van der Waals surface area contributed by atoms with E-state index >= 15 is 0 Å². The van der Waals surface area contributed by atoms with Crippen molar-refractivity contribution in [1.82, 2.24) is 20.2 Å². The molecule has 0 unspecified atom stereocenters. The maximum absolute atomic E-state index is 6.07. The zero-order chi connectivity index (χ0) is 17.7. The van der Waals surface area contributed by atoms with E-state index < -0.39 is 0 Å². The van der Waals surface area contributed by atoms with Gasteiger partial charge in [-0.05, 0) is 6.07 Å². The van der Waals surface area contributed by atoms with Gasteiger partial charge in [0, 0.05) is 44.1 Å². The third kappa shape index (κ3) is 6.30. The topological polar surface area (TPSA) is 54.2 Å². The summed E-state index contributed by atoms with van der Waals surface area (Å²) < 4.78 is 1.85. The van der Waals surface area contributed by atoms with Crippen molar-refractivity contribution in [1.29, 1.82) is 0 Å². The lowest BCUT2D eigenvalue weighted by Crippen LogP contribution is -2.38. The molecule has 0 saturated carbocycles. The summed E-state index contributed by atoms with van der Waals surface area (Å²) in [6.07, 6.45) is 0.867. The van der Waals surface area contributed by atoms with Crippen molar-refractivity contribution >= 4 is 64.5 Å². The van der Waals surface area contributed by atoms with E-state index in [2.05, 4.69) is 39.8 Å². The van der Waals surface area contributed by atoms with Gasteiger partial charge < -0.3 is 15.2 Å². The van der Waals surface area contributed by atoms with Crippen LogP contribution in [0.25, 0.3) is 0 Å². The molecular formula is C16H24Cl2IN5S. The number of rotatable bonds is 6. The van der Waals surface area contributed by atoms with E-state index in [1.54, 1.807) is 18.4 Å². The molecule has 2 aromatic heterocycles. The van der Waals surface area contributed by atoms with Crippen molar-refractivity contribution in [3.63, 3.8) is 0 Å². The van der Waals surface area contributed by atoms with Crippen LogP contribution >= 0.6 is 58.5 Å². The fourth-order valence-electron chi connectivity index (χ4n) is 2.17. The number of hydrogen-bond acceptors (Lipinski definition) is 3. The predicted octanol–water partition coefficient (Wildman–Crippen LogP) is 4.44. The number of aromatic nitrogens is 2. The standard InChI is InChI=1S/C16H23Cl2N5S.HI/c1-10(2)15-22-11(9-24-15)5-6-20-16(19-3)21-8-12-7-13(17)14(18)23(12)4;/h7,9-10H,5-6,8H2,1-4H3,(H2,19,20,21);1H. The van der Waals surface area contributed by atoms with E-state index in [0.717, 1.165) is 30.3 Å². The van der Waals surface area contributed by atoms with Crippen molar-refractivity contribution in [2.75, 3.05) is 13.6 Å². The highest BCUT2D eigenvalue weighted by molar-refractivity contribution is 14.0. The van der Waals surface area contributed by atoms with Crippen LogP contribution in [-0.2, 0) is 20.0 Å². The minimum absolute atomic E-state index is 0. The molecule has 140 valence electrons. The first-order valence-corrected chi connectivity index (χ1v) is 9.44. The van der Waals surface area contributed by atoms with Crippen molar-refractivity contribution in [2.45, 2.75) is 32.7 Å². The molecule has 2 rings (SSSR count). The Morgan fingerprint density at radius 3 is 2.60 bits per heavy atom. The van der Waals surface area contributed by atoms with Crippen LogP contribution in [0.15, 0.2) is 16.4 Å². The molecule has 2 N–H and O–H groups in total. The van der Waals surface area contributed by atoms with Crippen LogP contribution < -0.4 is 10.6 Å². The third-order valence-electron chi connectivity index (χ3n) is 3.61. The van der Waals surface area contributed by atoms with Gasteiger partial charge in [-0.2, -0.15) is 0 Å².